The fraction of sp³-hybridized carbons (Fsp3) is 0.600. The second-order valence-corrected chi connectivity index (χ2v) is 4.31. The largest absolute Gasteiger partial charge is 0.494 e. The smallest absolute Gasteiger partial charge is 0.119 e. The summed E-state index contributed by atoms with van der Waals surface area (Å²) in [6.07, 6.45) is 2.02. The van der Waals surface area contributed by atoms with Crippen molar-refractivity contribution in [1.29, 1.82) is 0 Å². The van der Waals surface area contributed by atoms with Gasteiger partial charge in [-0.05, 0) is 37.1 Å². The zero-order valence-corrected chi connectivity index (χ0v) is 11.7. The van der Waals surface area contributed by atoms with E-state index in [1.807, 2.05) is 12.1 Å². The molecule has 0 aliphatic carbocycles. The van der Waals surface area contributed by atoms with E-state index in [9.17, 15) is 0 Å². The van der Waals surface area contributed by atoms with Crippen LogP contribution in [-0.4, -0.2) is 26.9 Å². The lowest BCUT2D eigenvalue weighted by atomic mass is 10.0. The Morgan fingerprint density at radius 3 is 2.39 bits per heavy atom. The molecule has 3 nitrogen and oxygen atoms in total. The Labute approximate surface area is 110 Å². The molecule has 3 heteroatoms. The van der Waals surface area contributed by atoms with Gasteiger partial charge >= 0.3 is 0 Å². The zero-order chi connectivity index (χ0) is 13.2. The van der Waals surface area contributed by atoms with Crippen molar-refractivity contribution in [3.8, 4) is 5.75 Å². The summed E-state index contributed by atoms with van der Waals surface area (Å²) in [4.78, 5) is 0. The highest BCUT2D eigenvalue weighted by atomic mass is 16.5. The average Bonchev–Trinajstić information content (AvgIpc) is 2.42. The van der Waals surface area contributed by atoms with E-state index in [4.69, 9.17) is 9.47 Å². The Balaban J connectivity index is 2.61. The molecule has 102 valence electrons. The van der Waals surface area contributed by atoms with Gasteiger partial charge in [-0.25, -0.2) is 0 Å². The highest BCUT2D eigenvalue weighted by molar-refractivity contribution is 5.29. The van der Waals surface area contributed by atoms with Crippen LogP contribution in [0.5, 0.6) is 5.75 Å². The lowest BCUT2D eigenvalue weighted by molar-refractivity contribution is 0.183. The third-order valence-corrected chi connectivity index (χ3v) is 2.82. The van der Waals surface area contributed by atoms with Gasteiger partial charge in [0.1, 0.15) is 5.75 Å². The Bertz CT molecular complexity index is 311. The summed E-state index contributed by atoms with van der Waals surface area (Å²) in [5, 5.41) is 3.48. The first kappa shape index (κ1) is 15.0. The summed E-state index contributed by atoms with van der Waals surface area (Å²) >= 11 is 0. The molecule has 1 unspecified atom stereocenters. The summed E-state index contributed by atoms with van der Waals surface area (Å²) in [6.45, 7) is 6.74. The molecule has 0 saturated heterocycles. The molecule has 0 radical (unpaired) electrons. The van der Waals surface area contributed by atoms with Crippen LogP contribution in [-0.2, 0) is 4.74 Å². The Morgan fingerprint density at radius 2 is 1.83 bits per heavy atom. The van der Waals surface area contributed by atoms with Crippen molar-refractivity contribution >= 4 is 0 Å². The number of benzene rings is 1. The van der Waals surface area contributed by atoms with Gasteiger partial charge in [0.25, 0.3) is 0 Å². The molecule has 1 rings (SSSR count). The van der Waals surface area contributed by atoms with Crippen LogP contribution in [0.2, 0.25) is 0 Å². The van der Waals surface area contributed by atoms with Crippen molar-refractivity contribution < 1.29 is 9.47 Å². The molecule has 1 aromatic rings. The Kier molecular flexibility index (Phi) is 7.46. The summed E-state index contributed by atoms with van der Waals surface area (Å²) < 4.78 is 10.7. The number of rotatable bonds is 9. The Hall–Kier alpha value is -1.06. The van der Waals surface area contributed by atoms with Crippen molar-refractivity contribution in [3.63, 3.8) is 0 Å². The van der Waals surface area contributed by atoms with Gasteiger partial charge in [0.15, 0.2) is 0 Å². The van der Waals surface area contributed by atoms with Gasteiger partial charge in [-0.3, -0.25) is 0 Å². The number of methoxy groups -OCH3 is 1. The highest BCUT2D eigenvalue weighted by Gasteiger charge is 2.09. The third-order valence-electron chi connectivity index (χ3n) is 2.82. The van der Waals surface area contributed by atoms with Crippen molar-refractivity contribution in [2.75, 3.05) is 26.9 Å². The van der Waals surface area contributed by atoms with Gasteiger partial charge in [-0.15, -0.1) is 0 Å². The second-order valence-electron chi connectivity index (χ2n) is 4.31. The maximum Gasteiger partial charge on any atom is 0.119 e. The minimum Gasteiger partial charge on any atom is -0.494 e. The molecule has 0 amide bonds. The summed E-state index contributed by atoms with van der Waals surface area (Å²) in [5.41, 5.74) is 1.29. The summed E-state index contributed by atoms with van der Waals surface area (Å²) in [6, 6.07) is 8.71. The first-order chi connectivity index (χ1) is 8.81. The topological polar surface area (TPSA) is 30.5 Å². The molecule has 18 heavy (non-hydrogen) atoms. The number of hydrogen-bond donors (Lipinski definition) is 1. The van der Waals surface area contributed by atoms with E-state index >= 15 is 0 Å². The second kappa shape index (κ2) is 8.95. The summed E-state index contributed by atoms with van der Waals surface area (Å²) in [7, 11) is 1.74. The molecule has 1 N–H and O–H groups in total. The van der Waals surface area contributed by atoms with Crippen molar-refractivity contribution in [2.45, 2.75) is 32.7 Å². The van der Waals surface area contributed by atoms with Gasteiger partial charge in [-0.2, -0.15) is 0 Å². The molecular formula is C15H25NO2. The van der Waals surface area contributed by atoms with Crippen LogP contribution >= 0.6 is 0 Å². The van der Waals surface area contributed by atoms with Gasteiger partial charge in [-0.1, -0.05) is 26.0 Å². The fourth-order valence-electron chi connectivity index (χ4n) is 1.88. The molecule has 0 bridgehead atoms. The maximum absolute atomic E-state index is 5.59. The van der Waals surface area contributed by atoms with Crippen LogP contribution in [0, 0.1) is 0 Å². The number of nitrogens with one attached hydrogen (secondary N) is 1. The fourth-order valence-corrected chi connectivity index (χ4v) is 1.88. The van der Waals surface area contributed by atoms with Crippen LogP contribution in [0.3, 0.4) is 0 Å². The molecule has 0 fully saturated rings. The molecule has 0 spiro atoms. The van der Waals surface area contributed by atoms with E-state index in [2.05, 4.69) is 31.3 Å². The average molecular weight is 251 g/mol. The van der Waals surface area contributed by atoms with Gasteiger partial charge in [0.2, 0.25) is 0 Å². The van der Waals surface area contributed by atoms with Crippen molar-refractivity contribution in [3.05, 3.63) is 29.8 Å². The molecule has 0 aliphatic heterocycles. The minimum atomic E-state index is 0.357. The van der Waals surface area contributed by atoms with Gasteiger partial charge in [0.05, 0.1) is 6.61 Å². The third kappa shape index (κ3) is 5.07. The zero-order valence-electron chi connectivity index (χ0n) is 11.7. The van der Waals surface area contributed by atoms with Crippen LogP contribution in [0.15, 0.2) is 24.3 Å². The van der Waals surface area contributed by atoms with Crippen LogP contribution in [0.4, 0.5) is 0 Å². The SMILES string of the molecule is CCCOc1ccc(C(CCOC)NCC)cc1. The van der Waals surface area contributed by atoms with E-state index in [-0.39, 0.29) is 0 Å². The lowest BCUT2D eigenvalue weighted by Gasteiger charge is -2.18. The van der Waals surface area contributed by atoms with Crippen molar-refractivity contribution in [2.24, 2.45) is 0 Å². The first-order valence-electron chi connectivity index (χ1n) is 6.76. The first-order valence-corrected chi connectivity index (χ1v) is 6.76. The van der Waals surface area contributed by atoms with E-state index in [1.54, 1.807) is 7.11 Å². The number of hydrogen-bond acceptors (Lipinski definition) is 3. The van der Waals surface area contributed by atoms with E-state index < -0.39 is 0 Å². The molecule has 0 saturated carbocycles. The molecule has 0 aliphatic rings. The normalized spacial score (nSPS) is 12.4. The monoisotopic (exact) mass is 251 g/mol. The molecule has 0 heterocycles. The quantitative estimate of drug-likeness (QED) is 0.731. The van der Waals surface area contributed by atoms with Gasteiger partial charge in [0, 0.05) is 19.8 Å². The maximum atomic E-state index is 5.59. The predicted octanol–water partition coefficient (Wildman–Crippen LogP) is 3.16. The van der Waals surface area contributed by atoms with Crippen molar-refractivity contribution in [1.82, 2.24) is 5.32 Å². The highest BCUT2D eigenvalue weighted by Crippen LogP contribution is 2.20. The van der Waals surface area contributed by atoms with Crippen LogP contribution in [0.25, 0.3) is 0 Å². The standard InChI is InChI=1S/C15H25NO2/c1-4-11-18-14-8-6-13(7-9-14)15(16-5-2)10-12-17-3/h6-9,15-16H,4-5,10-12H2,1-3H3. The molecule has 0 aromatic heterocycles. The van der Waals surface area contributed by atoms with Crippen LogP contribution in [0.1, 0.15) is 38.3 Å². The lowest BCUT2D eigenvalue weighted by Crippen LogP contribution is -2.22. The van der Waals surface area contributed by atoms with E-state index in [0.29, 0.717) is 6.04 Å². The van der Waals surface area contributed by atoms with Crippen LogP contribution < -0.4 is 10.1 Å². The molecule has 1 atom stereocenters. The van der Waals surface area contributed by atoms with Gasteiger partial charge < -0.3 is 14.8 Å². The summed E-state index contributed by atoms with van der Waals surface area (Å²) in [5.74, 6) is 0.947. The predicted molar refractivity (Wildman–Crippen MR) is 75.1 cm³/mol. The van der Waals surface area contributed by atoms with E-state index in [0.717, 1.165) is 38.3 Å². The molecular weight excluding hydrogens is 226 g/mol. The minimum absolute atomic E-state index is 0.357. The van der Waals surface area contributed by atoms with E-state index in [1.165, 1.54) is 5.56 Å². The number of ether oxygens (including phenoxy) is 2. The molecule has 1 aromatic carbocycles. The Morgan fingerprint density at radius 1 is 1.11 bits per heavy atom.